The lowest BCUT2D eigenvalue weighted by Crippen LogP contribution is -2.26. The first-order valence-electron chi connectivity index (χ1n) is 6.20. The van der Waals surface area contributed by atoms with Crippen molar-refractivity contribution in [2.24, 2.45) is 0 Å². The van der Waals surface area contributed by atoms with Gasteiger partial charge in [0.2, 0.25) is 0 Å². The van der Waals surface area contributed by atoms with Gasteiger partial charge in [0.25, 0.3) is 0 Å². The lowest BCUT2D eigenvalue weighted by Gasteiger charge is -2.24. The number of hydrogen-bond donors (Lipinski definition) is 0. The summed E-state index contributed by atoms with van der Waals surface area (Å²) in [5.41, 5.74) is -0.619. The van der Waals surface area contributed by atoms with Gasteiger partial charge in [-0.3, -0.25) is 4.79 Å². The lowest BCUT2D eigenvalue weighted by molar-refractivity contribution is -0.154. The molecular formula is C14H26O3. The Morgan fingerprint density at radius 2 is 1.82 bits per heavy atom. The highest BCUT2D eigenvalue weighted by Gasteiger charge is 2.20. The molecule has 3 nitrogen and oxygen atoms in total. The fourth-order valence-electron chi connectivity index (χ4n) is 1.66. The molecule has 0 radical (unpaired) electrons. The van der Waals surface area contributed by atoms with Crippen LogP contribution in [0.5, 0.6) is 0 Å². The fraction of sp³-hybridized carbons (Fsp3) is 0.786. The lowest BCUT2D eigenvalue weighted by atomic mass is 10.0. The van der Waals surface area contributed by atoms with Crippen LogP contribution in [0.15, 0.2) is 12.2 Å². The summed E-state index contributed by atoms with van der Waals surface area (Å²) in [6.45, 7) is 12.0. The largest absolute Gasteiger partial charge is 0.460 e. The van der Waals surface area contributed by atoms with Gasteiger partial charge in [0.15, 0.2) is 0 Å². The maximum atomic E-state index is 10.9. The van der Waals surface area contributed by atoms with E-state index < -0.39 is 5.60 Å². The van der Waals surface area contributed by atoms with E-state index in [1.54, 1.807) is 0 Å². The number of carbonyl (C=O) groups excluding carboxylic acids is 1. The van der Waals surface area contributed by atoms with E-state index in [0.29, 0.717) is 6.61 Å². The monoisotopic (exact) mass is 242 g/mol. The smallest absolute Gasteiger partial charge is 0.303 e. The summed E-state index contributed by atoms with van der Waals surface area (Å²) in [6, 6.07) is 0. The van der Waals surface area contributed by atoms with Crippen molar-refractivity contribution in [1.82, 2.24) is 0 Å². The molecular weight excluding hydrogens is 216 g/mol. The summed E-state index contributed by atoms with van der Waals surface area (Å²) in [6.07, 6.45) is 5.82. The van der Waals surface area contributed by atoms with Gasteiger partial charge < -0.3 is 9.47 Å². The Hall–Kier alpha value is -0.830. The van der Waals surface area contributed by atoms with Crippen molar-refractivity contribution in [3.8, 4) is 0 Å². The second-order valence-corrected chi connectivity index (χ2v) is 5.33. The third-order valence-electron chi connectivity index (χ3n) is 2.37. The molecule has 0 unspecified atom stereocenters. The summed E-state index contributed by atoms with van der Waals surface area (Å²) in [4.78, 5) is 10.9. The number of carbonyl (C=O) groups is 1. The average molecular weight is 242 g/mol. The van der Waals surface area contributed by atoms with Crippen molar-refractivity contribution in [2.45, 2.75) is 65.6 Å². The molecule has 100 valence electrons. The predicted molar refractivity (Wildman–Crippen MR) is 69.9 cm³/mol. The normalized spacial score (nSPS) is 13.1. The molecule has 0 fully saturated rings. The minimum Gasteiger partial charge on any atom is -0.460 e. The van der Waals surface area contributed by atoms with E-state index in [-0.39, 0.29) is 11.6 Å². The molecule has 0 atom stereocenters. The highest BCUT2D eigenvalue weighted by atomic mass is 16.6. The number of rotatable bonds is 7. The zero-order valence-corrected chi connectivity index (χ0v) is 12.0. The molecule has 0 rings (SSSR count). The summed E-state index contributed by atoms with van der Waals surface area (Å²) >= 11 is 0. The maximum absolute atomic E-state index is 10.9. The maximum Gasteiger partial charge on any atom is 0.303 e. The van der Waals surface area contributed by atoms with E-state index >= 15 is 0 Å². The van der Waals surface area contributed by atoms with Gasteiger partial charge in [0.05, 0.1) is 5.60 Å². The molecule has 0 aromatic rings. The van der Waals surface area contributed by atoms with Gasteiger partial charge in [0.1, 0.15) is 5.60 Å². The minimum absolute atomic E-state index is 0.222. The molecule has 0 amide bonds. The van der Waals surface area contributed by atoms with Crippen LogP contribution in [-0.2, 0) is 14.3 Å². The highest BCUT2D eigenvalue weighted by molar-refractivity contribution is 5.66. The van der Waals surface area contributed by atoms with E-state index in [4.69, 9.17) is 9.47 Å². The van der Waals surface area contributed by atoms with Gasteiger partial charge in [-0.25, -0.2) is 0 Å². The van der Waals surface area contributed by atoms with Crippen molar-refractivity contribution in [3.63, 3.8) is 0 Å². The Balaban J connectivity index is 4.05. The van der Waals surface area contributed by atoms with Crippen LogP contribution in [-0.4, -0.2) is 23.8 Å². The van der Waals surface area contributed by atoms with Crippen LogP contribution in [0.25, 0.3) is 0 Å². The van der Waals surface area contributed by atoms with E-state index in [1.165, 1.54) is 6.92 Å². The average Bonchev–Trinajstić information content (AvgIpc) is 2.10. The first-order chi connectivity index (χ1) is 7.68. The Kier molecular flexibility index (Phi) is 6.46. The topological polar surface area (TPSA) is 35.5 Å². The van der Waals surface area contributed by atoms with Crippen LogP contribution in [0.1, 0.15) is 54.4 Å². The minimum atomic E-state index is -0.397. The van der Waals surface area contributed by atoms with Gasteiger partial charge in [-0.2, -0.15) is 0 Å². The molecule has 0 aromatic carbocycles. The van der Waals surface area contributed by atoms with Crippen LogP contribution in [0.4, 0.5) is 0 Å². The van der Waals surface area contributed by atoms with Crippen LogP contribution in [0.2, 0.25) is 0 Å². The van der Waals surface area contributed by atoms with Crippen LogP contribution in [0.3, 0.4) is 0 Å². The van der Waals surface area contributed by atoms with E-state index in [2.05, 4.69) is 12.2 Å². The summed E-state index contributed by atoms with van der Waals surface area (Å²) in [7, 11) is 0. The second kappa shape index (κ2) is 6.80. The number of esters is 1. The second-order valence-electron chi connectivity index (χ2n) is 5.33. The fourth-order valence-corrected chi connectivity index (χ4v) is 1.66. The van der Waals surface area contributed by atoms with E-state index in [1.807, 2.05) is 34.6 Å². The number of allylic oxidation sites excluding steroid dienone is 1. The molecule has 0 aliphatic carbocycles. The van der Waals surface area contributed by atoms with Crippen LogP contribution < -0.4 is 0 Å². The highest BCUT2D eigenvalue weighted by Crippen LogP contribution is 2.18. The van der Waals surface area contributed by atoms with Crippen molar-refractivity contribution >= 4 is 5.97 Å². The van der Waals surface area contributed by atoms with Gasteiger partial charge in [-0.15, -0.1) is 0 Å². The zero-order valence-electron chi connectivity index (χ0n) is 12.0. The van der Waals surface area contributed by atoms with Crippen molar-refractivity contribution in [1.29, 1.82) is 0 Å². The molecule has 0 saturated heterocycles. The Labute approximate surface area is 105 Å². The standard InChI is InChI=1S/C14H26O3/c1-7-16-13(3,4)10-8-9-11-14(5,6)17-12(2)15/h8,10H,7,9,11H2,1-6H3. The van der Waals surface area contributed by atoms with Crippen LogP contribution in [0, 0.1) is 0 Å². The molecule has 0 aliphatic rings. The van der Waals surface area contributed by atoms with E-state index in [9.17, 15) is 4.79 Å². The summed E-state index contributed by atoms with van der Waals surface area (Å²) in [5, 5.41) is 0. The zero-order chi connectivity index (χ0) is 13.5. The third-order valence-corrected chi connectivity index (χ3v) is 2.37. The molecule has 0 spiro atoms. The first-order valence-corrected chi connectivity index (χ1v) is 6.20. The Morgan fingerprint density at radius 3 is 2.29 bits per heavy atom. The molecule has 0 aromatic heterocycles. The predicted octanol–water partition coefficient (Wildman–Crippen LogP) is 3.48. The molecule has 0 bridgehead atoms. The molecule has 17 heavy (non-hydrogen) atoms. The van der Waals surface area contributed by atoms with Crippen molar-refractivity contribution in [2.75, 3.05) is 6.61 Å². The quantitative estimate of drug-likeness (QED) is 0.506. The summed E-state index contributed by atoms with van der Waals surface area (Å²) in [5.74, 6) is -0.228. The van der Waals surface area contributed by atoms with Gasteiger partial charge in [-0.05, 0) is 47.5 Å². The molecule has 0 saturated carbocycles. The van der Waals surface area contributed by atoms with Crippen LogP contribution >= 0.6 is 0 Å². The van der Waals surface area contributed by atoms with E-state index in [0.717, 1.165) is 12.8 Å². The Bertz CT molecular complexity index is 265. The molecule has 0 heterocycles. The number of ether oxygens (including phenoxy) is 2. The van der Waals surface area contributed by atoms with Gasteiger partial charge in [-0.1, -0.05) is 12.2 Å². The molecule has 0 N–H and O–H groups in total. The Morgan fingerprint density at radius 1 is 1.24 bits per heavy atom. The number of hydrogen-bond acceptors (Lipinski definition) is 3. The summed E-state index contributed by atoms with van der Waals surface area (Å²) < 4.78 is 10.8. The van der Waals surface area contributed by atoms with Gasteiger partial charge >= 0.3 is 5.97 Å². The third kappa shape index (κ3) is 8.93. The van der Waals surface area contributed by atoms with Gasteiger partial charge in [0, 0.05) is 13.5 Å². The SMILES string of the molecule is CCOC(C)(C)C=CCCC(C)(C)OC(C)=O. The molecule has 0 aliphatic heterocycles. The van der Waals surface area contributed by atoms with Crippen molar-refractivity contribution in [3.05, 3.63) is 12.2 Å². The first kappa shape index (κ1) is 16.2. The molecule has 3 heteroatoms. The van der Waals surface area contributed by atoms with Crippen molar-refractivity contribution < 1.29 is 14.3 Å².